The fourth-order valence-electron chi connectivity index (χ4n) is 2.81. The van der Waals surface area contributed by atoms with E-state index in [0.29, 0.717) is 12.1 Å². The molecular weight excluding hydrogens is 200 g/mol. The first kappa shape index (κ1) is 11.6. The molecular formula is C12H22N4. The quantitative estimate of drug-likeness (QED) is 0.729. The van der Waals surface area contributed by atoms with Gasteiger partial charge in [0.05, 0.1) is 0 Å². The van der Waals surface area contributed by atoms with E-state index in [1.54, 1.807) is 0 Å². The largest absolute Gasteiger partial charge is 0.317 e. The molecule has 0 aliphatic carbocycles. The van der Waals surface area contributed by atoms with Gasteiger partial charge in [-0.3, -0.25) is 4.90 Å². The topological polar surface area (TPSA) is 34.0 Å². The molecule has 1 fully saturated rings. The van der Waals surface area contributed by atoms with Crippen LogP contribution >= 0.6 is 0 Å². The molecule has 1 aromatic rings. The zero-order valence-corrected chi connectivity index (χ0v) is 10.7. The van der Waals surface area contributed by atoms with Crippen LogP contribution in [0.4, 0.5) is 0 Å². The van der Waals surface area contributed by atoms with Crippen molar-refractivity contribution >= 4 is 0 Å². The van der Waals surface area contributed by atoms with Crippen molar-refractivity contribution in [3.8, 4) is 0 Å². The Morgan fingerprint density at radius 2 is 1.81 bits per heavy atom. The minimum Gasteiger partial charge on any atom is -0.317 e. The number of piperidine rings is 1. The van der Waals surface area contributed by atoms with Gasteiger partial charge in [0.15, 0.2) is 0 Å². The minimum atomic E-state index is 0.275. The minimum absolute atomic E-state index is 0.275. The van der Waals surface area contributed by atoms with Gasteiger partial charge in [0.2, 0.25) is 0 Å². The van der Waals surface area contributed by atoms with E-state index in [0.717, 1.165) is 6.54 Å². The van der Waals surface area contributed by atoms with E-state index in [1.807, 2.05) is 12.7 Å². The van der Waals surface area contributed by atoms with E-state index in [2.05, 4.69) is 47.4 Å². The third-order valence-electron chi connectivity index (χ3n) is 3.57. The molecule has 0 saturated carbocycles. The van der Waals surface area contributed by atoms with Gasteiger partial charge < -0.3 is 4.57 Å². The summed E-state index contributed by atoms with van der Waals surface area (Å²) in [5.41, 5.74) is 0.275. The first-order valence-electron chi connectivity index (χ1n) is 6.09. The number of likely N-dealkylation sites (tertiary alicyclic amines) is 1. The average Bonchev–Trinajstić information content (AvgIpc) is 2.68. The predicted molar refractivity (Wildman–Crippen MR) is 64.2 cm³/mol. The third-order valence-corrected chi connectivity index (χ3v) is 3.57. The van der Waals surface area contributed by atoms with E-state index in [9.17, 15) is 0 Å². The Morgan fingerprint density at radius 3 is 2.31 bits per heavy atom. The fraction of sp³-hybridized carbons (Fsp3) is 0.833. The number of hydrogen-bond donors (Lipinski definition) is 0. The molecule has 1 aliphatic rings. The monoisotopic (exact) mass is 222 g/mol. The summed E-state index contributed by atoms with van der Waals surface area (Å²) in [6.07, 6.45) is 6.06. The van der Waals surface area contributed by atoms with Crippen LogP contribution in [0, 0.1) is 0 Å². The average molecular weight is 222 g/mol. The van der Waals surface area contributed by atoms with Crippen LogP contribution in [0.5, 0.6) is 0 Å². The van der Waals surface area contributed by atoms with Crippen molar-refractivity contribution in [2.45, 2.75) is 58.2 Å². The highest BCUT2D eigenvalue weighted by atomic mass is 15.3. The molecule has 2 atom stereocenters. The maximum absolute atomic E-state index is 3.89. The summed E-state index contributed by atoms with van der Waals surface area (Å²) in [4.78, 5) is 2.59. The second-order valence-corrected chi connectivity index (χ2v) is 5.80. The summed E-state index contributed by atoms with van der Waals surface area (Å²) in [7, 11) is 0. The molecule has 2 rings (SSSR count). The van der Waals surface area contributed by atoms with Gasteiger partial charge in [0, 0.05) is 24.2 Å². The van der Waals surface area contributed by atoms with Crippen LogP contribution in [0.3, 0.4) is 0 Å². The predicted octanol–water partition coefficient (Wildman–Crippen LogP) is 2.10. The number of hydrogen-bond acceptors (Lipinski definition) is 3. The molecule has 0 amide bonds. The smallest absolute Gasteiger partial charge is 0.119 e. The van der Waals surface area contributed by atoms with Crippen molar-refractivity contribution in [2.75, 3.05) is 6.54 Å². The lowest BCUT2D eigenvalue weighted by Gasteiger charge is -2.45. The molecule has 0 aromatic carbocycles. The summed E-state index contributed by atoms with van der Waals surface area (Å²) in [6, 6.07) is 1.20. The highest BCUT2D eigenvalue weighted by Gasteiger charge is 2.32. The van der Waals surface area contributed by atoms with Crippen molar-refractivity contribution in [1.29, 1.82) is 0 Å². The molecule has 1 aliphatic heterocycles. The second-order valence-electron chi connectivity index (χ2n) is 5.80. The first-order valence-corrected chi connectivity index (χ1v) is 6.09. The molecule has 90 valence electrons. The maximum atomic E-state index is 3.89. The van der Waals surface area contributed by atoms with Crippen LogP contribution in [0.1, 0.15) is 46.6 Å². The molecule has 1 saturated heterocycles. The summed E-state index contributed by atoms with van der Waals surface area (Å²) >= 11 is 0. The molecule has 4 nitrogen and oxygen atoms in total. The molecule has 2 heterocycles. The highest BCUT2D eigenvalue weighted by molar-refractivity contribution is 4.89. The molecule has 0 radical (unpaired) electrons. The van der Waals surface area contributed by atoms with E-state index < -0.39 is 0 Å². The van der Waals surface area contributed by atoms with Crippen molar-refractivity contribution < 1.29 is 0 Å². The van der Waals surface area contributed by atoms with Crippen molar-refractivity contribution in [1.82, 2.24) is 19.7 Å². The van der Waals surface area contributed by atoms with Crippen molar-refractivity contribution in [3.05, 3.63) is 12.7 Å². The lowest BCUT2D eigenvalue weighted by atomic mass is 9.92. The van der Waals surface area contributed by atoms with E-state index in [4.69, 9.17) is 0 Å². The first-order chi connectivity index (χ1) is 7.48. The summed E-state index contributed by atoms with van der Waals surface area (Å²) in [5, 5.41) is 7.78. The van der Waals surface area contributed by atoms with Gasteiger partial charge in [0.25, 0.3) is 0 Å². The van der Waals surface area contributed by atoms with Gasteiger partial charge >= 0.3 is 0 Å². The zero-order valence-electron chi connectivity index (χ0n) is 10.7. The van der Waals surface area contributed by atoms with Gasteiger partial charge in [-0.05, 0) is 40.5 Å². The van der Waals surface area contributed by atoms with Crippen molar-refractivity contribution in [2.24, 2.45) is 0 Å². The van der Waals surface area contributed by atoms with Gasteiger partial charge in [-0.15, -0.1) is 10.2 Å². The molecule has 4 heteroatoms. The number of rotatable bonds is 1. The van der Waals surface area contributed by atoms with Gasteiger partial charge in [-0.25, -0.2) is 0 Å². The normalized spacial score (nSPS) is 28.2. The summed E-state index contributed by atoms with van der Waals surface area (Å²) in [5.74, 6) is 0. The van der Waals surface area contributed by atoms with E-state index in [-0.39, 0.29) is 5.54 Å². The molecule has 0 spiro atoms. The summed E-state index contributed by atoms with van der Waals surface area (Å²) < 4.78 is 2.15. The number of nitrogens with zero attached hydrogens (tertiary/aromatic N) is 4. The van der Waals surface area contributed by atoms with Crippen LogP contribution in [-0.2, 0) is 0 Å². The maximum Gasteiger partial charge on any atom is 0.119 e. The van der Waals surface area contributed by atoms with Crippen LogP contribution in [-0.4, -0.2) is 37.8 Å². The lowest BCUT2D eigenvalue weighted by molar-refractivity contribution is 0.0414. The third kappa shape index (κ3) is 2.26. The number of aromatic nitrogens is 3. The van der Waals surface area contributed by atoms with Crippen LogP contribution < -0.4 is 0 Å². The highest BCUT2D eigenvalue weighted by Crippen LogP contribution is 2.31. The van der Waals surface area contributed by atoms with E-state index >= 15 is 0 Å². The Labute approximate surface area is 97.7 Å². The zero-order chi connectivity index (χ0) is 11.8. The van der Waals surface area contributed by atoms with Gasteiger partial charge in [0.1, 0.15) is 12.7 Å². The van der Waals surface area contributed by atoms with Gasteiger partial charge in [-0.2, -0.15) is 0 Å². The standard InChI is InChI=1S/C12H22N4/c1-10-7-11(15-8-13-14-9-15)5-6-16(10)12(2,3)4/h8-11H,5-7H2,1-4H3. The van der Waals surface area contributed by atoms with Crippen LogP contribution in [0.2, 0.25) is 0 Å². The SMILES string of the molecule is CC1CC(n2cnnc2)CCN1C(C)(C)C. The molecule has 1 aromatic heterocycles. The lowest BCUT2D eigenvalue weighted by Crippen LogP contribution is -2.51. The van der Waals surface area contributed by atoms with Crippen LogP contribution in [0.25, 0.3) is 0 Å². The Kier molecular flexibility index (Phi) is 3.02. The van der Waals surface area contributed by atoms with Gasteiger partial charge in [-0.1, -0.05) is 0 Å². The van der Waals surface area contributed by atoms with Crippen LogP contribution in [0.15, 0.2) is 12.7 Å². The Bertz CT molecular complexity index is 325. The summed E-state index contributed by atoms with van der Waals surface area (Å²) in [6.45, 7) is 10.4. The Balaban J connectivity index is 2.03. The molecule has 2 unspecified atom stereocenters. The Morgan fingerprint density at radius 1 is 1.19 bits per heavy atom. The van der Waals surface area contributed by atoms with Crippen molar-refractivity contribution in [3.63, 3.8) is 0 Å². The van der Waals surface area contributed by atoms with E-state index in [1.165, 1.54) is 12.8 Å². The Hall–Kier alpha value is -0.900. The second kappa shape index (κ2) is 4.17. The molecule has 0 bridgehead atoms. The molecule has 0 N–H and O–H groups in total. The molecule has 16 heavy (non-hydrogen) atoms. The fourth-order valence-corrected chi connectivity index (χ4v) is 2.81.